The van der Waals surface area contributed by atoms with Crippen molar-refractivity contribution in [1.29, 1.82) is 0 Å². The van der Waals surface area contributed by atoms with Crippen LogP contribution in [0.25, 0.3) is 0 Å². The fourth-order valence-electron chi connectivity index (χ4n) is 2.58. The molecule has 96 valence electrons. The van der Waals surface area contributed by atoms with E-state index < -0.39 is 12.0 Å². The summed E-state index contributed by atoms with van der Waals surface area (Å²) in [6, 6.07) is 5.42. The van der Waals surface area contributed by atoms with E-state index in [1.165, 1.54) is 0 Å². The van der Waals surface area contributed by atoms with Gasteiger partial charge in [0.25, 0.3) is 0 Å². The van der Waals surface area contributed by atoms with Gasteiger partial charge in [0, 0.05) is 0 Å². The molecule has 3 rings (SSSR count). The Bertz CT molecular complexity index is 474. The van der Waals surface area contributed by atoms with Crippen LogP contribution in [0.4, 0.5) is 0 Å². The summed E-state index contributed by atoms with van der Waals surface area (Å²) in [5, 5.41) is 12.1. The third-order valence-corrected chi connectivity index (χ3v) is 3.57. The van der Waals surface area contributed by atoms with Crippen molar-refractivity contribution in [3.05, 3.63) is 23.8 Å². The molecule has 5 nitrogen and oxygen atoms in total. The first kappa shape index (κ1) is 11.3. The molecule has 0 amide bonds. The molecule has 0 saturated carbocycles. The van der Waals surface area contributed by atoms with Crippen LogP contribution in [0.3, 0.4) is 0 Å². The maximum atomic E-state index is 11.0. The predicted molar refractivity (Wildman–Crippen MR) is 64.0 cm³/mol. The zero-order chi connectivity index (χ0) is 12.5. The average molecular weight is 249 g/mol. The van der Waals surface area contributed by atoms with E-state index in [1.54, 1.807) is 0 Å². The average Bonchev–Trinajstić information content (AvgIpc) is 2.86. The Hall–Kier alpha value is -1.75. The summed E-state index contributed by atoms with van der Waals surface area (Å²) in [7, 11) is 0. The number of carboxylic acids is 1. The molecule has 2 N–H and O–H groups in total. The molecule has 5 heteroatoms. The van der Waals surface area contributed by atoms with Crippen LogP contribution in [0, 0.1) is 0 Å². The number of piperidine rings is 1. The lowest BCUT2D eigenvalue weighted by Gasteiger charge is -2.28. The van der Waals surface area contributed by atoms with E-state index in [-0.39, 0.29) is 12.7 Å². The summed E-state index contributed by atoms with van der Waals surface area (Å²) in [6.07, 6.45) is 1.57. The molecule has 2 aliphatic rings. The molecule has 2 heterocycles. The second-order valence-corrected chi connectivity index (χ2v) is 4.68. The van der Waals surface area contributed by atoms with Gasteiger partial charge in [0.15, 0.2) is 11.5 Å². The zero-order valence-corrected chi connectivity index (χ0v) is 9.89. The highest BCUT2D eigenvalue weighted by molar-refractivity contribution is 5.73. The topological polar surface area (TPSA) is 67.8 Å². The Labute approximate surface area is 105 Å². The van der Waals surface area contributed by atoms with Crippen LogP contribution < -0.4 is 14.8 Å². The molecular weight excluding hydrogens is 234 g/mol. The van der Waals surface area contributed by atoms with Gasteiger partial charge in [-0.2, -0.15) is 0 Å². The van der Waals surface area contributed by atoms with E-state index in [1.807, 2.05) is 18.2 Å². The molecule has 0 aromatic heterocycles. The van der Waals surface area contributed by atoms with E-state index in [0.29, 0.717) is 6.42 Å². The fraction of sp³-hybridized carbons (Fsp3) is 0.462. The Morgan fingerprint density at radius 3 is 3.00 bits per heavy atom. The van der Waals surface area contributed by atoms with Crippen LogP contribution in [-0.4, -0.2) is 30.5 Å². The standard InChI is InChI=1S/C13H15NO4/c15-13(16)10-5-9(3-4-14-10)8-1-2-11-12(6-8)18-7-17-11/h1-2,6,9-10,14H,3-5,7H2,(H,15,16). The minimum atomic E-state index is -0.777. The Kier molecular flexibility index (Phi) is 2.83. The Balaban J connectivity index is 1.80. The summed E-state index contributed by atoms with van der Waals surface area (Å²) in [5.74, 6) is 1.02. The van der Waals surface area contributed by atoms with Crippen molar-refractivity contribution in [2.24, 2.45) is 0 Å². The fourth-order valence-corrected chi connectivity index (χ4v) is 2.58. The molecule has 2 aliphatic heterocycles. The molecule has 1 saturated heterocycles. The number of benzene rings is 1. The van der Waals surface area contributed by atoms with Crippen LogP contribution >= 0.6 is 0 Å². The SMILES string of the molecule is O=C(O)C1CC(c2ccc3c(c2)OCO3)CCN1. The minimum Gasteiger partial charge on any atom is -0.480 e. The van der Waals surface area contributed by atoms with Crippen molar-refractivity contribution in [3.8, 4) is 11.5 Å². The van der Waals surface area contributed by atoms with Crippen molar-refractivity contribution in [2.45, 2.75) is 24.8 Å². The molecular formula is C13H15NO4. The Morgan fingerprint density at radius 2 is 2.17 bits per heavy atom. The first-order valence-electron chi connectivity index (χ1n) is 6.10. The second kappa shape index (κ2) is 4.49. The molecule has 0 bridgehead atoms. The van der Waals surface area contributed by atoms with Gasteiger partial charge < -0.3 is 19.9 Å². The zero-order valence-electron chi connectivity index (χ0n) is 9.89. The number of carbonyl (C=O) groups is 1. The molecule has 0 spiro atoms. The molecule has 1 aromatic rings. The first-order valence-corrected chi connectivity index (χ1v) is 6.10. The second-order valence-electron chi connectivity index (χ2n) is 4.68. The van der Waals surface area contributed by atoms with Gasteiger partial charge in [-0.3, -0.25) is 4.79 Å². The molecule has 18 heavy (non-hydrogen) atoms. The summed E-state index contributed by atoms with van der Waals surface area (Å²) in [6.45, 7) is 0.999. The Morgan fingerprint density at radius 1 is 1.33 bits per heavy atom. The third kappa shape index (κ3) is 2.01. The number of fused-ring (bicyclic) bond motifs is 1. The number of carboxylic acid groups (broad SMARTS) is 1. The monoisotopic (exact) mass is 249 g/mol. The van der Waals surface area contributed by atoms with E-state index in [2.05, 4.69) is 5.32 Å². The highest BCUT2D eigenvalue weighted by Gasteiger charge is 2.28. The number of nitrogens with one attached hydrogen (secondary N) is 1. The van der Waals surface area contributed by atoms with Gasteiger partial charge in [0.2, 0.25) is 6.79 Å². The van der Waals surface area contributed by atoms with Crippen molar-refractivity contribution in [1.82, 2.24) is 5.32 Å². The van der Waals surface area contributed by atoms with Gasteiger partial charge in [-0.05, 0) is 43.0 Å². The third-order valence-electron chi connectivity index (χ3n) is 3.57. The van der Waals surface area contributed by atoms with Crippen LogP contribution in [0.15, 0.2) is 18.2 Å². The summed E-state index contributed by atoms with van der Waals surface area (Å²) >= 11 is 0. The lowest BCUT2D eigenvalue weighted by Crippen LogP contribution is -2.42. The maximum absolute atomic E-state index is 11.0. The predicted octanol–water partition coefficient (Wildman–Crippen LogP) is 1.34. The van der Waals surface area contributed by atoms with Crippen LogP contribution in [0.2, 0.25) is 0 Å². The van der Waals surface area contributed by atoms with Gasteiger partial charge in [-0.1, -0.05) is 6.07 Å². The van der Waals surface area contributed by atoms with Crippen molar-refractivity contribution >= 4 is 5.97 Å². The molecule has 0 radical (unpaired) electrons. The van der Waals surface area contributed by atoms with E-state index >= 15 is 0 Å². The van der Waals surface area contributed by atoms with Gasteiger partial charge >= 0.3 is 5.97 Å². The maximum Gasteiger partial charge on any atom is 0.320 e. The molecule has 2 unspecified atom stereocenters. The van der Waals surface area contributed by atoms with E-state index in [0.717, 1.165) is 30.0 Å². The first-order chi connectivity index (χ1) is 8.74. The van der Waals surface area contributed by atoms with E-state index in [9.17, 15) is 4.79 Å². The number of aliphatic carboxylic acids is 1. The minimum absolute atomic E-state index is 0.266. The molecule has 1 aromatic carbocycles. The van der Waals surface area contributed by atoms with Crippen LogP contribution in [-0.2, 0) is 4.79 Å². The van der Waals surface area contributed by atoms with Gasteiger partial charge in [0.05, 0.1) is 0 Å². The molecule has 2 atom stereocenters. The number of ether oxygens (including phenoxy) is 2. The van der Waals surface area contributed by atoms with Crippen molar-refractivity contribution in [2.75, 3.05) is 13.3 Å². The number of hydrogen-bond acceptors (Lipinski definition) is 4. The molecule has 1 fully saturated rings. The van der Waals surface area contributed by atoms with Crippen molar-refractivity contribution in [3.63, 3.8) is 0 Å². The number of hydrogen-bond donors (Lipinski definition) is 2. The van der Waals surface area contributed by atoms with Gasteiger partial charge in [-0.15, -0.1) is 0 Å². The summed E-state index contributed by atoms with van der Waals surface area (Å²) in [5.41, 5.74) is 1.13. The van der Waals surface area contributed by atoms with Crippen LogP contribution in [0.5, 0.6) is 11.5 Å². The smallest absolute Gasteiger partial charge is 0.320 e. The summed E-state index contributed by atoms with van der Waals surface area (Å²) in [4.78, 5) is 11.0. The van der Waals surface area contributed by atoms with E-state index in [4.69, 9.17) is 14.6 Å². The summed E-state index contributed by atoms with van der Waals surface area (Å²) < 4.78 is 10.6. The normalized spacial score (nSPS) is 26.0. The van der Waals surface area contributed by atoms with Gasteiger partial charge in [0.1, 0.15) is 6.04 Å². The van der Waals surface area contributed by atoms with Crippen LogP contribution in [0.1, 0.15) is 24.3 Å². The highest BCUT2D eigenvalue weighted by atomic mass is 16.7. The lowest BCUT2D eigenvalue weighted by molar-refractivity contribution is -0.140. The molecule has 0 aliphatic carbocycles. The van der Waals surface area contributed by atoms with Crippen molar-refractivity contribution < 1.29 is 19.4 Å². The quantitative estimate of drug-likeness (QED) is 0.827. The highest BCUT2D eigenvalue weighted by Crippen LogP contribution is 2.37. The lowest BCUT2D eigenvalue weighted by atomic mass is 9.86. The van der Waals surface area contributed by atoms with Gasteiger partial charge in [-0.25, -0.2) is 0 Å². The largest absolute Gasteiger partial charge is 0.480 e. The number of rotatable bonds is 2.